The Labute approximate surface area is 135 Å². The largest absolute Gasteiger partial charge is 0.270 e. The summed E-state index contributed by atoms with van der Waals surface area (Å²) in [5, 5.41) is 10.8. The van der Waals surface area contributed by atoms with Crippen LogP contribution in [-0.2, 0) is 10.0 Å². The average Bonchev–Trinajstić information content (AvgIpc) is 2.49. The van der Waals surface area contributed by atoms with Gasteiger partial charge in [-0.15, -0.1) is 0 Å². The van der Waals surface area contributed by atoms with Gasteiger partial charge in [0.05, 0.1) is 9.82 Å². The van der Waals surface area contributed by atoms with Crippen molar-refractivity contribution in [3.63, 3.8) is 0 Å². The lowest BCUT2D eigenvalue weighted by molar-refractivity contribution is -0.385. The Morgan fingerprint density at radius 2 is 1.83 bits per heavy atom. The van der Waals surface area contributed by atoms with E-state index in [-0.39, 0.29) is 10.6 Å². The molecule has 1 N–H and O–H groups in total. The Balaban J connectivity index is 2.32. The van der Waals surface area contributed by atoms with E-state index < -0.39 is 21.0 Å². The molecule has 2 rings (SSSR count). The van der Waals surface area contributed by atoms with Crippen LogP contribution in [0.25, 0.3) is 0 Å². The molecule has 6 nitrogen and oxygen atoms in total. The number of nitrogens with zero attached hydrogens (tertiary/aromatic N) is 1. The van der Waals surface area contributed by atoms with E-state index in [0.717, 1.165) is 22.8 Å². The fourth-order valence-electron chi connectivity index (χ4n) is 2.35. The SMILES string of the molecule is Cc1ccc(C)c([C@H](C)NS(=O)(=O)c2cccc([N+](=O)[O-])c2)c1. The Hall–Kier alpha value is -2.25. The number of benzene rings is 2. The van der Waals surface area contributed by atoms with E-state index in [1.165, 1.54) is 18.2 Å². The summed E-state index contributed by atoms with van der Waals surface area (Å²) in [5.41, 5.74) is 2.63. The molecule has 0 aliphatic rings. The molecule has 0 heterocycles. The second-order valence-electron chi connectivity index (χ2n) is 5.46. The number of nitro groups is 1. The smallest absolute Gasteiger partial charge is 0.258 e. The van der Waals surface area contributed by atoms with Crippen LogP contribution in [0.2, 0.25) is 0 Å². The maximum Gasteiger partial charge on any atom is 0.270 e. The highest BCUT2D eigenvalue weighted by Gasteiger charge is 2.21. The van der Waals surface area contributed by atoms with Crippen molar-refractivity contribution in [1.82, 2.24) is 4.72 Å². The van der Waals surface area contributed by atoms with E-state index in [2.05, 4.69) is 4.72 Å². The first kappa shape index (κ1) is 17.1. The lowest BCUT2D eigenvalue weighted by Gasteiger charge is -2.17. The molecule has 23 heavy (non-hydrogen) atoms. The summed E-state index contributed by atoms with van der Waals surface area (Å²) in [4.78, 5) is 10.1. The van der Waals surface area contributed by atoms with Gasteiger partial charge in [-0.2, -0.15) is 0 Å². The zero-order valence-corrected chi connectivity index (χ0v) is 13.9. The second-order valence-corrected chi connectivity index (χ2v) is 7.17. The summed E-state index contributed by atoms with van der Waals surface area (Å²) in [6.07, 6.45) is 0. The zero-order chi connectivity index (χ0) is 17.2. The van der Waals surface area contributed by atoms with Crippen LogP contribution in [0.3, 0.4) is 0 Å². The van der Waals surface area contributed by atoms with Gasteiger partial charge >= 0.3 is 0 Å². The third kappa shape index (κ3) is 3.94. The molecule has 0 aromatic heterocycles. The van der Waals surface area contributed by atoms with Gasteiger partial charge in [0.2, 0.25) is 10.0 Å². The molecule has 2 aromatic carbocycles. The number of non-ortho nitro benzene ring substituents is 1. The quantitative estimate of drug-likeness (QED) is 0.671. The zero-order valence-electron chi connectivity index (χ0n) is 13.1. The van der Waals surface area contributed by atoms with Crippen LogP contribution in [-0.4, -0.2) is 13.3 Å². The average molecular weight is 334 g/mol. The molecule has 0 bridgehead atoms. The van der Waals surface area contributed by atoms with Gasteiger partial charge in [0.25, 0.3) is 5.69 Å². The Bertz CT molecular complexity index is 847. The molecule has 7 heteroatoms. The third-order valence-electron chi connectivity index (χ3n) is 3.57. The van der Waals surface area contributed by atoms with E-state index in [1.54, 1.807) is 6.92 Å². The molecule has 1 atom stereocenters. The van der Waals surface area contributed by atoms with E-state index >= 15 is 0 Å². The van der Waals surface area contributed by atoms with Crippen molar-refractivity contribution in [2.75, 3.05) is 0 Å². The van der Waals surface area contributed by atoms with E-state index in [4.69, 9.17) is 0 Å². The number of aryl methyl sites for hydroxylation is 2. The second kappa shape index (κ2) is 6.47. The maximum atomic E-state index is 12.5. The molecule has 0 amide bonds. The lowest BCUT2D eigenvalue weighted by atomic mass is 10.0. The van der Waals surface area contributed by atoms with Crippen LogP contribution in [0.5, 0.6) is 0 Å². The number of nitro benzene ring substituents is 1. The Morgan fingerprint density at radius 1 is 1.13 bits per heavy atom. The number of sulfonamides is 1. The van der Waals surface area contributed by atoms with Crippen LogP contribution in [0.4, 0.5) is 5.69 Å². The highest BCUT2D eigenvalue weighted by molar-refractivity contribution is 7.89. The summed E-state index contributed by atoms with van der Waals surface area (Å²) in [7, 11) is -3.85. The standard InChI is InChI=1S/C16H18N2O4S/c1-11-7-8-12(2)16(9-11)13(3)17-23(21,22)15-6-4-5-14(10-15)18(19)20/h4-10,13,17H,1-3H3/t13-/m0/s1. The molecule has 0 saturated heterocycles. The highest BCUT2D eigenvalue weighted by Crippen LogP contribution is 2.23. The lowest BCUT2D eigenvalue weighted by Crippen LogP contribution is -2.27. The number of rotatable bonds is 5. The summed E-state index contributed by atoms with van der Waals surface area (Å²) < 4.78 is 27.5. The third-order valence-corrected chi connectivity index (χ3v) is 5.11. The van der Waals surface area contributed by atoms with Crippen molar-refractivity contribution in [3.05, 3.63) is 69.3 Å². The van der Waals surface area contributed by atoms with E-state index in [0.29, 0.717) is 0 Å². The predicted octanol–water partition coefficient (Wildman–Crippen LogP) is 3.25. The molecular formula is C16H18N2O4S. The molecule has 0 fully saturated rings. The fourth-order valence-corrected chi connectivity index (χ4v) is 3.62. The Kier molecular flexibility index (Phi) is 4.82. The van der Waals surface area contributed by atoms with Gasteiger partial charge in [0.1, 0.15) is 0 Å². The minimum absolute atomic E-state index is 0.121. The molecule has 2 aromatic rings. The van der Waals surface area contributed by atoms with Crippen molar-refractivity contribution >= 4 is 15.7 Å². The summed E-state index contributed by atoms with van der Waals surface area (Å²) in [6, 6.07) is 10.4. The summed E-state index contributed by atoms with van der Waals surface area (Å²) in [5.74, 6) is 0. The van der Waals surface area contributed by atoms with Crippen molar-refractivity contribution in [3.8, 4) is 0 Å². The first-order valence-corrected chi connectivity index (χ1v) is 8.53. The first-order valence-electron chi connectivity index (χ1n) is 7.04. The van der Waals surface area contributed by atoms with Gasteiger partial charge in [0, 0.05) is 18.2 Å². The molecule has 0 radical (unpaired) electrons. The number of hydrogen-bond donors (Lipinski definition) is 1. The fraction of sp³-hybridized carbons (Fsp3) is 0.250. The molecule has 0 saturated carbocycles. The minimum Gasteiger partial charge on any atom is -0.258 e. The maximum absolute atomic E-state index is 12.5. The van der Waals surface area contributed by atoms with Crippen molar-refractivity contribution in [2.45, 2.75) is 31.7 Å². The van der Waals surface area contributed by atoms with Gasteiger partial charge in [-0.3, -0.25) is 10.1 Å². The monoisotopic (exact) mass is 334 g/mol. The number of hydrogen-bond acceptors (Lipinski definition) is 4. The molecule has 0 unspecified atom stereocenters. The van der Waals surface area contributed by atoms with E-state index in [9.17, 15) is 18.5 Å². The molecular weight excluding hydrogens is 316 g/mol. The van der Waals surface area contributed by atoms with Crippen LogP contribution in [0, 0.1) is 24.0 Å². The normalized spacial score (nSPS) is 12.8. The van der Waals surface area contributed by atoms with Crippen molar-refractivity contribution in [1.29, 1.82) is 0 Å². The number of nitrogens with one attached hydrogen (secondary N) is 1. The van der Waals surface area contributed by atoms with Crippen LogP contribution < -0.4 is 4.72 Å². The van der Waals surface area contributed by atoms with Gasteiger partial charge in [0.15, 0.2) is 0 Å². The van der Waals surface area contributed by atoms with Crippen molar-refractivity contribution < 1.29 is 13.3 Å². The molecule has 0 aliphatic carbocycles. The summed E-state index contributed by atoms with van der Waals surface area (Å²) >= 11 is 0. The van der Waals surface area contributed by atoms with Gasteiger partial charge in [-0.25, -0.2) is 13.1 Å². The molecule has 0 spiro atoms. The molecule has 122 valence electrons. The van der Waals surface area contributed by atoms with Gasteiger partial charge in [-0.05, 0) is 38.0 Å². The van der Waals surface area contributed by atoms with Crippen LogP contribution in [0.1, 0.15) is 29.7 Å². The summed E-state index contributed by atoms with van der Waals surface area (Å²) in [6.45, 7) is 5.59. The van der Waals surface area contributed by atoms with Gasteiger partial charge < -0.3 is 0 Å². The highest BCUT2D eigenvalue weighted by atomic mass is 32.2. The van der Waals surface area contributed by atoms with Crippen LogP contribution in [0.15, 0.2) is 47.4 Å². The van der Waals surface area contributed by atoms with Crippen LogP contribution >= 0.6 is 0 Å². The first-order chi connectivity index (χ1) is 10.7. The predicted molar refractivity (Wildman–Crippen MR) is 87.7 cm³/mol. The topological polar surface area (TPSA) is 89.3 Å². The molecule has 0 aliphatic heterocycles. The van der Waals surface area contributed by atoms with E-state index in [1.807, 2.05) is 32.0 Å². The minimum atomic E-state index is -3.85. The van der Waals surface area contributed by atoms with Crippen molar-refractivity contribution in [2.24, 2.45) is 0 Å². The van der Waals surface area contributed by atoms with Gasteiger partial charge in [-0.1, -0.05) is 29.8 Å². The Morgan fingerprint density at radius 3 is 2.48 bits per heavy atom.